The van der Waals surface area contributed by atoms with E-state index in [-0.39, 0.29) is 12.8 Å². The number of rotatable bonds is 10. The summed E-state index contributed by atoms with van der Waals surface area (Å²) in [6.45, 7) is 14.5. The standard InChI is InChI=1S/C46H46N2O4/c1-32-31-34(33-17-8-6-9-18-33)19-16-28-47(29-26-41(49)50)39(45(32,2)3)24-10-7-11-25-40-46(4,5)43-37-22-14-12-20-35(37)36-21-13-15-23-38(36)44(43)48(40)30-27-42(51)52/h6-25,31H,1,26-30H2,2-5H3,(H-,49,50,51,52)/p+1/b19-16-,34-31+. The highest BCUT2D eigenvalue weighted by molar-refractivity contribution is 6.17. The van der Waals surface area contributed by atoms with Crippen molar-refractivity contribution in [2.24, 2.45) is 5.41 Å². The van der Waals surface area contributed by atoms with Crippen molar-refractivity contribution in [3.63, 3.8) is 0 Å². The van der Waals surface area contributed by atoms with Crippen molar-refractivity contribution < 1.29 is 24.4 Å². The molecule has 0 bridgehead atoms. The number of hydrogen-bond donors (Lipinski definition) is 2. The molecule has 0 aromatic heterocycles. The molecular weight excluding hydrogens is 645 g/mol. The van der Waals surface area contributed by atoms with E-state index in [9.17, 15) is 19.8 Å². The van der Waals surface area contributed by atoms with E-state index in [0.717, 1.165) is 44.6 Å². The van der Waals surface area contributed by atoms with Crippen molar-refractivity contribution in [3.05, 3.63) is 156 Å². The molecule has 0 amide bonds. The summed E-state index contributed by atoms with van der Waals surface area (Å²) in [4.78, 5) is 25.8. The van der Waals surface area contributed by atoms with Gasteiger partial charge in [0.2, 0.25) is 0 Å². The molecule has 0 saturated heterocycles. The third-order valence-electron chi connectivity index (χ3n) is 10.5. The largest absolute Gasteiger partial charge is 0.481 e. The molecule has 4 aromatic rings. The Labute approximate surface area is 306 Å². The van der Waals surface area contributed by atoms with Crippen LogP contribution in [0.15, 0.2) is 145 Å². The third-order valence-corrected chi connectivity index (χ3v) is 10.5. The highest BCUT2D eigenvalue weighted by atomic mass is 16.4. The average Bonchev–Trinajstić information content (AvgIpc) is 3.37. The molecule has 264 valence electrons. The van der Waals surface area contributed by atoms with E-state index in [0.29, 0.717) is 19.6 Å². The second kappa shape index (κ2) is 14.8. The SMILES string of the molecule is C=C1/C=C(c2ccccc2)\C=C/C[N+](CCC(=O)O)=C(/C=C/C=C/C=C2\N(CCC(=O)O)c3c(c4ccccc4c4ccccc34)C2(C)C)C1(C)C. The van der Waals surface area contributed by atoms with Gasteiger partial charge in [-0.15, -0.1) is 0 Å². The van der Waals surface area contributed by atoms with Crippen molar-refractivity contribution in [3.8, 4) is 0 Å². The van der Waals surface area contributed by atoms with Crippen LogP contribution in [0.3, 0.4) is 0 Å². The molecule has 2 aliphatic heterocycles. The van der Waals surface area contributed by atoms with Gasteiger partial charge in [0.05, 0.1) is 17.5 Å². The maximum absolute atomic E-state index is 11.9. The first-order chi connectivity index (χ1) is 24.9. The van der Waals surface area contributed by atoms with Crippen LogP contribution in [-0.2, 0) is 15.0 Å². The quantitative estimate of drug-likeness (QED) is 0.0984. The molecule has 6 heteroatoms. The van der Waals surface area contributed by atoms with Gasteiger partial charge < -0.3 is 15.1 Å². The number of carboxylic acid groups (broad SMARTS) is 2. The molecule has 6 nitrogen and oxygen atoms in total. The second-order valence-corrected chi connectivity index (χ2v) is 14.5. The van der Waals surface area contributed by atoms with E-state index in [1.165, 1.54) is 16.3 Å². The van der Waals surface area contributed by atoms with E-state index >= 15 is 0 Å². The summed E-state index contributed by atoms with van der Waals surface area (Å²) in [7, 11) is 0. The Morgan fingerprint density at radius 3 is 2.08 bits per heavy atom. The number of aliphatic carboxylic acids is 2. The zero-order valence-electron chi connectivity index (χ0n) is 30.5. The van der Waals surface area contributed by atoms with Gasteiger partial charge in [-0.25, -0.2) is 4.58 Å². The van der Waals surface area contributed by atoms with Crippen molar-refractivity contribution in [2.75, 3.05) is 24.5 Å². The lowest BCUT2D eigenvalue weighted by molar-refractivity contribution is -0.519. The molecule has 0 saturated carbocycles. The molecule has 0 radical (unpaired) electrons. The first-order valence-corrected chi connectivity index (χ1v) is 17.9. The van der Waals surface area contributed by atoms with Gasteiger partial charge in [0.25, 0.3) is 0 Å². The Morgan fingerprint density at radius 2 is 1.40 bits per heavy atom. The van der Waals surface area contributed by atoms with E-state index in [4.69, 9.17) is 0 Å². The molecule has 2 heterocycles. The minimum absolute atomic E-state index is 0.00990. The molecule has 4 aromatic carbocycles. The fourth-order valence-corrected chi connectivity index (χ4v) is 7.66. The Balaban J connectivity index is 1.40. The fraction of sp³-hybridized carbons (Fsp3) is 0.239. The van der Waals surface area contributed by atoms with Crippen molar-refractivity contribution >= 4 is 50.5 Å². The molecule has 0 aliphatic carbocycles. The van der Waals surface area contributed by atoms with Gasteiger partial charge in [-0.05, 0) is 64.4 Å². The number of fused-ring (bicyclic) bond motifs is 6. The Hall–Kier alpha value is -5.75. The number of carbonyl (C=O) groups is 2. The van der Waals surface area contributed by atoms with E-state index in [2.05, 4.69) is 129 Å². The average molecular weight is 692 g/mol. The summed E-state index contributed by atoms with van der Waals surface area (Å²) in [6.07, 6.45) is 16.5. The molecule has 0 fully saturated rings. The van der Waals surface area contributed by atoms with Gasteiger partial charge in [0.1, 0.15) is 6.42 Å². The number of benzene rings is 4. The predicted octanol–water partition coefficient (Wildman–Crippen LogP) is 9.73. The minimum Gasteiger partial charge on any atom is -0.481 e. The van der Waals surface area contributed by atoms with Crippen LogP contribution in [0.4, 0.5) is 5.69 Å². The predicted molar refractivity (Wildman–Crippen MR) is 214 cm³/mol. The van der Waals surface area contributed by atoms with Crippen LogP contribution in [0.25, 0.3) is 27.1 Å². The zero-order chi connectivity index (χ0) is 37.0. The first kappa shape index (κ1) is 36.1. The molecule has 0 unspecified atom stereocenters. The van der Waals surface area contributed by atoms with Gasteiger partial charge in [0, 0.05) is 29.1 Å². The normalized spacial score (nSPS) is 19.5. The number of allylic oxidation sites excluding steroid dienone is 10. The smallest absolute Gasteiger partial charge is 0.309 e. The van der Waals surface area contributed by atoms with E-state index in [1.807, 2.05) is 42.5 Å². The Morgan fingerprint density at radius 1 is 0.788 bits per heavy atom. The number of hydrogen-bond acceptors (Lipinski definition) is 3. The maximum Gasteiger partial charge on any atom is 0.309 e. The summed E-state index contributed by atoms with van der Waals surface area (Å²) in [6, 6.07) is 27.1. The fourth-order valence-electron chi connectivity index (χ4n) is 7.66. The molecule has 6 rings (SSSR count). The summed E-state index contributed by atoms with van der Waals surface area (Å²) in [5, 5.41) is 24.0. The topological polar surface area (TPSA) is 80.9 Å². The van der Waals surface area contributed by atoms with Gasteiger partial charge >= 0.3 is 11.9 Å². The molecular formula is C46H47N2O4+. The van der Waals surface area contributed by atoms with E-state index < -0.39 is 22.8 Å². The number of anilines is 1. The van der Waals surface area contributed by atoms with Crippen molar-refractivity contribution in [1.82, 2.24) is 0 Å². The number of carboxylic acids is 2. The van der Waals surface area contributed by atoms with Crippen molar-refractivity contribution in [2.45, 2.75) is 46.0 Å². The van der Waals surface area contributed by atoms with Crippen LogP contribution in [0.2, 0.25) is 0 Å². The van der Waals surface area contributed by atoms with Crippen LogP contribution in [0, 0.1) is 5.41 Å². The maximum atomic E-state index is 11.9. The van der Waals surface area contributed by atoms with Gasteiger partial charge in [-0.1, -0.05) is 130 Å². The van der Waals surface area contributed by atoms with Gasteiger partial charge in [-0.3, -0.25) is 9.59 Å². The van der Waals surface area contributed by atoms with Crippen LogP contribution in [0.5, 0.6) is 0 Å². The zero-order valence-corrected chi connectivity index (χ0v) is 30.5. The molecule has 0 atom stereocenters. The van der Waals surface area contributed by atoms with Crippen LogP contribution < -0.4 is 4.90 Å². The lowest BCUT2D eigenvalue weighted by Crippen LogP contribution is -2.34. The van der Waals surface area contributed by atoms with Crippen LogP contribution in [0.1, 0.15) is 51.7 Å². The van der Waals surface area contributed by atoms with Crippen LogP contribution in [-0.4, -0.2) is 52.1 Å². The molecule has 0 spiro atoms. The highest BCUT2D eigenvalue weighted by Gasteiger charge is 2.42. The van der Waals surface area contributed by atoms with Gasteiger partial charge in [-0.2, -0.15) is 0 Å². The summed E-state index contributed by atoms with van der Waals surface area (Å²) in [5.41, 5.74) is 6.45. The van der Waals surface area contributed by atoms with Crippen molar-refractivity contribution in [1.29, 1.82) is 0 Å². The molecule has 52 heavy (non-hydrogen) atoms. The third kappa shape index (κ3) is 7.06. The lowest BCUT2D eigenvalue weighted by atomic mass is 9.78. The molecule has 2 aliphatic rings. The summed E-state index contributed by atoms with van der Waals surface area (Å²) < 4.78 is 2.13. The summed E-state index contributed by atoms with van der Waals surface area (Å²) >= 11 is 0. The lowest BCUT2D eigenvalue weighted by Gasteiger charge is -2.27. The highest BCUT2D eigenvalue weighted by Crippen LogP contribution is 2.54. The number of nitrogens with zero attached hydrogens (tertiary/aromatic N) is 2. The minimum atomic E-state index is -0.841. The Bertz CT molecular complexity index is 2250. The summed E-state index contributed by atoms with van der Waals surface area (Å²) in [5.74, 6) is -1.68. The second-order valence-electron chi connectivity index (χ2n) is 14.5. The molecule has 2 N–H and O–H groups in total. The monoisotopic (exact) mass is 691 g/mol. The van der Waals surface area contributed by atoms with Gasteiger partial charge in [0.15, 0.2) is 18.8 Å². The first-order valence-electron chi connectivity index (χ1n) is 17.9. The Kier molecular flexibility index (Phi) is 10.3. The van der Waals surface area contributed by atoms with E-state index in [1.54, 1.807) is 0 Å². The van der Waals surface area contributed by atoms with Crippen LogP contribution >= 0.6 is 0 Å².